The van der Waals surface area contributed by atoms with Crippen LogP contribution in [0.1, 0.15) is 22.3 Å². The van der Waals surface area contributed by atoms with Gasteiger partial charge in [0.2, 0.25) is 0 Å². The minimum atomic E-state index is -0.657. The largest absolute Gasteiger partial charge is 0.457 e. The van der Waals surface area contributed by atoms with Crippen molar-refractivity contribution < 1.29 is 4.74 Å². The van der Waals surface area contributed by atoms with Crippen molar-refractivity contribution in [3.05, 3.63) is 241 Å². The van der Waals surface area contributed by atoms with E-state index in [-0.39, 0.29) is 0 Å². The summed E-state index contributed by atoms with van der Waals surface area (Å²) in [5.74, 6) is 2.35. The van der Waals surface area contributed by atoms with Gasteiger partial charge >= 0.3 is 0 Å². The minimum absolute atomic E-state index is 0.657. The van der Waals surface area contributed by atoms with Gasteiger partial charge in [-0.1, -0.05) is 133 Å². The van der Waals surface area contributed by atoms with Crippen molar-refractivity contribution in [1.82, 2.24) is 9.55 Å². The Morgan fingerprint density at radius 3 is 1.64 bits per heavy atom. The number of hydrogen-bond donors (Lipinski definition) is 0. The Labute approximate surface area is 326 Å². The van der Waals surface area contributed by atoms with E-state index >= 15 is 0 Å². The lowest BCUT2D eigenvalue weighted by atomic mass is 9.65. The fourth-order valence-corrected chi connectivity index (χ4v) is 8.35. The predicted octanol–water partition coefficient (Wildman–Crippen LogP) is 12.1. The van der Waals surface area contributed by atoms with E-state index in [1.54, 1.807) is 0 Å². The zero-order valence-corrected chi connectivity index (χ0v) is 30.7. The molecule has 2 aromatic heterocycles. The summed E-state index contributed by atoms with van der Waals surface area (Å²) in [4.78, 5) is 9.30. The summed E-state index contributed by atoms with van der Waals surface area (Å²) in [6, 6.07) is 70.6. The SMILES string of the molecule is C1=CN(c2cc(Oc3ccc4c5ccccc5n(-c5ccccn5)c4c3)cc(C(c3ccccc3)(c3ccccc3)c3ccccc3)c2)CN1c1ccccc1. The van der Waals surface area contributed by atoms with Crippen molar-refractivity contribution in [2.75, 3.05) is 16.5 Å². The summed E-state index contributed by atoms with van der Waals surface area (Å²) >= 11 is 0. The molecule has 0 amide bonds. The molecule has 9 aromatic rings. The van der Waals surface area contributed by atoms with Crippen LogP contribution in [0, 0.1) is 0 Å². The van der Waals surface area contributed by atoms with Crippen molar-refractivity contribution in [3.8, 4) is 17.3 Å². The van der Waals surface area contributed by atoms with Gasteiger partial charge in [-0.05, 0) is 76.9 Å². The summed E-state index contributed by atoms with van der Waals surface area (Å²) in [7, 11) is 0. The van der Waals surface area contributed by atoms with Crippen LogP contribution in [0.4, 0.5) is 11.4 Å². The first-order chi connectivity index (χ1) is 27.8. The highest BCUT2D eigenvalue weighted by Crippen LogP contribution is 2.48. The van der Waals surface area contributed by atoms with Gasteiger partial charge in [-0.25, -0.2) is 4.98 Å². The maximum absolute atomic E-state index is 7.03. The van der Waals surface area contributed by atoms with Crippen molar-refractivity contribution in [2.24, 2.45) is 0 Å². The maximum Gasteiger partial charge on any atom is 0.137 e. The number of ether oxygens (including phenoxy) is 1. The van der Waals surface area contributed by atoms with Gasteiger partial charge in [-0.15, -0.1) is 0 Å². The lowest BCUT2D eigenvalue weighted by Gasteiger charge is -2.37. The molecule has 0 aliphatic carbocycles. The van der Waals surface area contributed by atoms with Crippen LogP contribution < -0.4 is 14.5 Å². The highest BCUT2D eigenvalue weighted by atomic mass is 16.5. The summed E-state index contributed by atoms with van der Waals surface area (Å²) in [6.07, 6.45) is 6.14. The average Bonchev–Trinajstić information content (AvgIpc) is 3.90. The van der Waals surface area contributed by atoms with E-state index in [1.165, 1.54) is 22.1 Å². The molecule has 0 radical (unpaired) electrons. The third kappa shape index (κ3) is 5.78. The number of rotatable bonds is 9. The second-order valence-corrected chi connectivity index (χ2v) is 14.1. The molecule has 0 atom stereocenters. The van der Waals surface area contributed by atoms with E-state index in [1.807, 2.05) is 24.4 Å². The van der Waals surface area contributed by atoms with Gasteiger partial charge in [-0.3, -0.25) is 4.57 Å². The number of anilines is 2. The zero-order chi connectivity index (χ0) is 37.3. The molecule has 0 spiro atoms. The van der Waals surface area contributed by atoms with Crippen LogP contribution in [0.3, 0.4) is 0 Å². The number of benzene rings is 7. The molecule has 56 heavy (non-hydrogen) atoms. The van der Waals surface area contributed by atoms with Gasteiger partial charge in [0.15, 0.2) is 0 Å². The third-order valence-electron chi connectivity index (χ3n) is 10.9. The molecule has 5 nitrogen and oxygen atoms in total. The number of nitrogens with zero attached hydrogens (tertiary/aromatic N) is 4. The Balaban J connectivity index is 1.17. The van der Waals surface area contributed by atoms with E-state index < -0.39 is 5.41 Å². The van der Waals surface area contributed by atoms with Gasteiger partial charge in [0.25, 0.3) is 0 Å². The first kappa shape index (κ1) is 33.2. The van der Waals surface area contributed by atoms with Crippen molar-refractivity contribution in [1.29, 1.82) is 0 Å². The Morgan fingerprint density at radius 2 is 1.00 bits per heavy atom. The van der Waals surface area contributed by atoms with Gasteiger partial charge in [0.1, 0.15) is 17.3 Å². The summed E-state index contributed by atoms with van der Waals surface area (Å²) in [5, 5.41) is 2.32. The molecule has 0 fully saturated rings. The Bertz CT molecular complexity index is 2710. The van der Waals surface area contributed by atoms with E-state index in [9.17, 15) is 0 Å². The van der Waals surface area contributed by atoms with E-state index in [4.69, 9.17) is 9.72 Å². The highest BCUT2D eigenvalue weighted by molar-refractivity contribution is 6.09. The summed E-state index contributed by atoms with van der Waals surface area (Å²) < 4.78 is 9.25. The normalized spacial score (nSPS) is 12.8. The van der Waals surface area contributed by atoms with Gasteiger partial charge in [0.05, 0.1) is 23.1 Å². The van der Waals surface area contributed by atoms with Crippen LogP contribution >= 0.6 is 0 Å². The van der Waals surface area contributed by atoms with E-state index in [2.05, 4.69) is 209 Å². The van der Waals surface area contributed by atoms with Crippen LogP contribution in [0.15, 0.2) is 219 Å². The molecule has 10 rings (SSSR count). The smallest absolute Gasteiger partial charge is 0.137 e. The molecule has 1 aliphatic heterocycles. The van der Waals surface area contributed by atoms with Crippen LogP contribution in [-0.4, -0.2) is 16.2 Å². The van der Waals surface area contributed by atoms with Crippen LogP contribution in [0.25, 0.3) is 27.6 Å². The molecule has 0 saturated carbocycles. The first-order valence-corrected chi connectivity index (χ1v) is 19.0. The van der Waals surface area contributed by atoms with Crippen LogP contribution in [0.5, 0.6) is 11.5 Å². The minimum Gasteiger partial charge on any atom is -0.457 e. The molecule has 1 aliphatic rings. The lowest BCUT2D eigenvalue weighted by Crippen LogP contribution is -2.31. The summed E-state index contributed by atoms with van der Waals surface area (Å²) in [6.45, 7) is 0.665. The number of fused-ring (bicyclic) bond motifs is 3. The van der Waals surface area contributed by atoms with Gasteiger partial charge < -0.3 is 14.5 Å². The topological polar surface area (TPSA) is 33.5 Å². The van der Waals surface area contributed by atoms with E-state index in [0.717, 1.165) is 50.7 Å². The lowest BCUT2D eigenvalue weighted by molar-refractivity contribution is 0.481. The second kappa shape index (κ2) is 14.1. The number of hydrogen-bond acceptors (Lipinski definition) is 4. The molecule has 0 saturated heterocycles. The van der Waals surface area contributed by atoms with Gasteiger partial charge in [-0.2, -0.15) is 0 Å². The van der Waals surface area contributed by atoms with Gasteiger partial charge in [0, 0.05) is 52.9 Å². The number of pyridine rings is 1. The van der Waals surface area contributed by atoms with Crippen molar-refractivity contribution in [3.63, 3.8) is 0 Å². The molecule has 7 aromatic carbocycles. The molecule has 5 heteroatoms. The number of para-hydroxylation sites is 2. The zero-order valence-electron chi connectivity index (χ0n) is 30.7. The van der Waals surface area contributed by atoms with Crippen molar-refractivity contribution >= 4 is 33.2 Å². The molecule has 0 N–H and O–H groups in total. The monoisotopic (exact) mass is 722 g/mol. The van der Waals surface area contributed by atoms with Crippen LogP contribution in [-0.2, 0) is 5.41 Å². The Kier molecular flexibility index (Phi) is 8.38. The molecular formula is C51H38N4O. The Morgan fingerprint density at radius 1 is 0.429 bits per heavy atom. The molecule has 3 heterocycles. The highest BCUT2D eigenvalue weighted by Gasteiger charge is 2.39. The fraction of sp³-hybridized carbons (Fsp3) is 0.0392. The van der Waals surface area contributed by atoms with Crippen molar-refractivity contribution in [2.45, 2.75) is 5.41 Å². The molecular weight excluding hydrogens is 685 g/mol. The second-order valence-electron chi connectivity index (χ2n) is 14.1. The van der Waals surface area contributed by atoms with E-state index in [0.29, 0.717) is 6.67 Å². The number of aromatic nitrogens is 2. The predicted molar refractivity (Wildman–Crippen MR) is 229 cm³/mol. The average molecular weight is 723 g/mol. The first-order valence-electron chi connectivity index (χ1n) is 19.0. The Hall–Kier alpha value is -7.37. The molecule has 0 unspecified atom stereocenters. The summed E-state index contributed by atoms with van der Waals surface area (Å²) in [5.41, 5.74) is 8.26. The quantitative estimate of drug-likeness (QED) is 0.139. The molecule has 268 valence electrons. The maximum atomic E-state index is 7.03. The standard InChI is InChI=1S/C51H38N4O/c1-5-17-38(18-6-1)51(39-19-7-2-8-20-39,40-21-9-3-10-22-40)41-33-43(54-32-31-53(37-54)42-23-11-4-12-24-42)35-45(34-41)56-44-28-29-47-46-25-13-14-26-48(46)55(49(47)36-44)50-27-15-16-30-52-50/h1-36H,37H2. The molecule has 0 bridgehead atoms. The fourth-order valence-electron chi connectivity index (χ4n) is 8.35. The third-order valence-corrected chi connectivity index (χ3v) is 10.9. The van der Waals surface area contributed by atoms with Crippen LogP contribution in [0.2, 0.25) is 0 Å².